The van der Waals surface area contributed by atoms with E-state index in [1.165, 1.54) is 57.4 Å². The molecule has 1 amide bonds. The van der Waals surface area contributed by atoms with E-state index >= 15 is 0 Å². The van der Waals surface area contributed by atoms with E-state index in [9.17, 15) is 14.9 Å². The van der Waals surface area contributed by atoms with Crippen LogP contribution < -0.4 is 10.1 Å². The molecule has 1 N–H and O–H groups in total. The van der Waals surface area contributed by atoms with Gasteiger partial charge in [-0.05, 0) is 24.8 Å². The topological polar surface area (TPSA) is 81.5 Å². The Labute approximate surface area is 136 Å². The Morgan fingerprint density at radius 3 is 2.74 bits per heavy atom. The predicted molar refractivity (Wildman–Crippen MR) is 88.7 cm³/mol. The van der Waals surface area contributed by atoms with Gasteiger partial charge in [-0.15, -0.1) is 0 Å². The van der Waals surface area contributed by atoms with Gasteiger partial charge in [0.2, 0.25) is 5.91 Å². The summed E-state index contributed by atoms with van der Waals surface area (Å²) in [6.45, 7) is 0. The van der Waals surface area contributed by atoms with E-state index < -0.39 is 4.92 Å². The van der Waals surface area contributed by atoms with Crippen LogP contribution in [0.5, 0.6) is 5.75 Å². The molecule has 126 valence electrons. The van der Waals surface area contributed by atoms with Gasteiger partial charge in [0, 0.05) is 18.6 Å². The number of amides is 1. The third-order valence-electron chi connectivity index (χ3n) is 4.41. The van der Waals surface area contributed by atoms with Crippen molar-refractivity contribution in [3.05, 3.63) is 28.3 Å². The average molecular weight is 320 g/mol. The van der Waals surface area contributed by atoms with Crippen molar-refractivity contribution in [2.24, 2.45) is 5.92 Å². The lowest BCUT2D eigenvalue weighted by Crippen LogP contribution is -2.13. The third kappa shape index (κ3) is 5.23. The Kier molecular flexibility index (Phi) is 6.38. The number of non-ortho nitro benzene ring substituents is 1. The van der Waals surface area contributed by atoms with Crippen molar-refractivity contribution >= 4 is 17.3 Å². The molecule has 6 heteroatoms. The molecule has 1 aliphatic carbocycles. The molecule has 0 heterocycles. The molecule has 0 radical (unpaired) electrons. The van der Waals surface area contributed by atoms with E-state index in [2.05, 4.69) is 5.32 Å². The molecule has 1 fully saturated rings. The highest BCUT2D eigenvalue weighted by Crippen LogP contribution is 2.30. The van der Waals surface area contributed by atoms with E-state index in [4.69, 9.17) is 4.74 Å². The lowest BCUT2D eigenvalue weighted by atomic mass is 9.86. The van der Waals surface area contributed by atoms with Gasteiger partial charge >= 0.3 is 0 Å². The average Bonchev–Trinajstić information content (AvgIpc) is 2.55. The molecule has 1 aromatic rings. The van der Waals surface area contributed by atoms with Crippen LogP contribution in [0.4, 0.5) is 11.4 Å². The lowest BCUT2D eigenvalue weighted by Gasteiger charge is -2.21. The van der Waals surface area contributed by atoms with Gasteiger partial charge in [0.05, 0.1) is 17.7 Å². The zero-order chi connectivity index (χ0) is 16.7. The van der Waals surface area contributed by atoms with Crippen LogP contribution in [0.2, 0.25) is 0 Å². The summed E-state index contributed by atoms with van der Waals surface area (Å²) in [5.41, 5.74) is 0.285. The quantitative estimate of drug-likeness (QED) is 0.600. The van der Waals surface area contributed by atoms with Gasteiger partial charge in [0.1, 0.15) is 5.75 Å². The van der Waals surface area contributed by atoms with Crippen LogP contribution in [-0.4, -0.2) is 17.9 Å². The number of anilines is 1. The van der Waals surface area contributed by atoms with Gasteiger partial charge in [0.25, 0.3) is 5.69 Å². The Morgan fingerprint density at radius 1 is 1.35 bits per heavy atom. The largest absolute Gasteiger partial charge is 0.495 e. The first-order chi connectivity index (χ1) is 11.1. The number of nitrogens with zero attached hydrogens (tertiary/aromatic N) is 1. The molecule has 0 spiro atoms. The molecule has 2 rings (SSSR count). The van der Waals surface area contributed by atoms with Crippen LogP contribution in [0.3, 0.4) is 0 Å². The summed E-state index contributed by atoms with van der Waals surface area (Å²) in [7, 11) is 1.47. The van der Waals surface area contributed by atoms with Gasteiger partial charge in [-0.1, -0.05) is 32.1 Å². The second-order valence-electron chi connectivity index (χ2n) is 6.09. The molecule has 0 atom stereocenters. The maximum atomic E-state index is 12.1. The minimum absolute atomic E-state index is 0.0664. The second kappa shape index (κ2) is 8.50. The van der Waals surface area contributed by atoms with E-state index in [0.29, 0.717) is 17.9 Å². The highest BCUT2D eigenvalue weighted by Gasteiger charge is 2.16. The summed E-state index contributed by atoms with van der Waals surface area (Å²) in [6.07, 6.45) is 8.88. The molecule has 0 saturated heterocycles. The Bertz CT molecular complexity index is 554. The molecule has 6 nitrogen and oxygen atoms in total. The van der Waals surface area contributed by atoms with Gasteiger partial charge in [-0.25, -0.2) is 0 Å². The number of rotatable bonds is 7. The summed E-state index contributed by atoms with van der Waals surface area (Å²) in [5.74, 6) is 1.06. The Hall–Kier alpha value is -2.11. The summed E-state index contributed by atoms with van der Waals surface area (Å²) in [5, 5.41) is 13.6. The van der Waals surface area contributed by atoms with Crippen molar-refractivity contribution in [1.29, 1.82) is 0 Å². The summed E-state index contributed by atoms with van der Waals surface area (Å²) >= 11 is 0. The van der Waals surface area contributed by atoms with E-state index in [-0.39, 0.29) is 11.6 Å². The fourth-order valence-corrected chi connectivity index (χ4v) is 3.15. The van der Waals surface area contributed by atoms with Crippen molar-refractivity contribution < 1.29 is 14.5 Å². The highest BCUT2D eigenvalue weighted by molar-refractivity contribution is 5.92. The van der Waals surface area contributed by atoms with Crippen LogP contribution in [0.15, 0.2) is 18.2 Å². The fraction of sp³-hybridized carbons (Fsp3) is 0.588. The third-order valence-corrected chi connectivity index (χ3v) is 4.41. The van der Waals surface area contributed by atoms with Crippen LogP contribution in [-0.2, 0) is 4.79 Å². The van der Waals surface area contributed by atoms with Crippen molar-refractivity contribution in [2.75, 3.05) is 12.4 Å². The molecule has 23 heavy (non-hydrogen) atoms. The first kappa shape index (κ1) is 17.2. The number of carbonyl (C=O) groups excluding carboxylic acids is 1. The molecule has 1 saturated carbocycles. The zero-order valence-electron chi connectivity index (χ0n) is 13.5. The maximum Gasteiger partial charge on any atom is 0.271 e. The number of nitro groups is 1. The normalized spacial score (nSPS) is 15.2. The molecule has 0 bridgehead atoms. The molecular weight excluding hydrogens is 296 g/mol. The molecule has 0 unspecified atom stereocenters. The van der Waals surface area contributed by atoms with Gasteiger partial charge in [-0.3, -0.25) is 14.9 Å². The summed E-state index contributed by atoms with van der Waals surface area (Å²) in [6, 6.07) is 4.19. The Balaban J connectivity index is 1.86. The SMILES string of the molecule is COc1ccc([N+](=O)[O-])cc1NC(=O)CCCC1CCCCC1. The van der Waals surface area contributed by atoms with E-state index in [1.54, 1.807) is 0 Å². The lowest BCUT2D eigenvalue weighted by molar-refractivity contribution is -0.384. The van der Waals surface area contributed by atoms with Gasteiger partial charge < -0.3 is 10.1 Å². The standard InChI is InChI=1S/C17H24N2O4/c1-23-16-11-10-14(19(21)22)12-15(16)18-17(20)9-5-8-13-6-3-2-4-7-13/h10-13H,2-9H2,1H3,(H,18,20). The summed E-state index contributed by atoms with van der Waals surface area (Å²) in [4.78, 5) is 22.4. The van der Waals surface area contributed by atoms with E-state index in [1.807, 2.05) is 0 Å². The van der Waals surface area contributed by atoms with Crippen LogP contribution in [0, 0.1) is 16.0 Å². The first-order valence-corrected chi connectivity index (χ1v) is 8.22. The molecule has 0 aliphatic heterocycles. The number of nitro benzene ring substituents is 1. The van der Waals surface area contributed by atoms with Gasteiger partial charge in [0.15, 0.2) is 0 Å². The van der Waals surface area contributed by atoms with Crippen molar-refractivity contribution in [3.63, 3.8) is 0 Å². The summed E-state index contributed by atoms with van der Waals surface area (Å²) < 4.78 is 5.14. The number of benzene rings is 1. The maximum absolute atomic E-state index is 12.1. The highest BCUT2D eigenvalue weighted by atomic mass is 16.6. The number of hydrogen-bond acceptors (Lipinski definition) is 4. The molecule has 0 aromatic heterocycles. The number of hydrogen-bond donors (Lipinski definition) is 1. The van der Waals surface area contributed by atoms with Gasteiger partial charge in [-0.2, -0.15) is 0 Å². The second-order valence-corrected chi connectivity index (χ2v) is 6.09. The van der Waals surface area contributed by atoms with Crippen molar-refractivity contribution in [1.82, 2.24) is 0 Å². The molecule has 1 aromatic carbocycles. The van der Waals surface area contributed by atoms with Crippen LogP contribution in [0.1, 0.15) is 51.4 Å². The minimum atomic E-state index is -0.488. The molecular formula is C17H24N2O4. The first-order valence-electron chi connectivity index (χ1n) is 8.22. The smallest absolute Gasteiger partial charge is 0.271 e. The van der Waals surface area contributed by atoms with Crippen molar-refractivity contribution in [2.45, 2.75) is 51.4 Å². The van der Waals surface area contributed by atoms with Crippen LogP contribution >= 0.6 is 0 Å². The Morgan fingerprint density at radius 2 is 2.09 bits per heavy atom. The number of carbonyl (C=O) groups is 1. The molecule has 1 aliphatic rings. The minimum Gasteiger partial charge on any atom is -0.495 e. The predicted octanol–water partition coefficient (Wildman–Crippen LogP) is 4.29. The number of nitrogens with one attached hydrogen (secondary N) is 1. The zero-order valence-corrected chi connectivity index (χ0v) is 13.5. The fourth-order valence-electron chi connectivity index (χ4n) is 3.15. The number of methoxy groups -OCH3 is 1. The van der Waals surface area contributed by atoms with E-state index in [0.717, 1.165) is 18.8 Å². The van der Waals surface area contributed by atoms with Crippen LogP contribution in [0.25, 0.3) is 0 Å². The monoisotopic (exact) mass is 320 g/mol. The number of ether oxygens (including phenoxy) is 1. The van der Waals surface area contributed by atoms with Crippen molar-refractivity contribution in [3.8, 4) is 5.75 Å².